The van der Waals surface area contributed by atoms with Gasteiger partial charge in [0.15, 0.2) is 0 Å². The first-order chi connectivity index (χ1) is 9.69. The van der Waals surface area contributed by atoms with Crippen molar-refractivity contribution in [3.8, 4) is 5.75 Å². The van der Waals surface area contributed by atoms with E-state index in [0.717, 1.165) is 40.6 Å². The summed E-state index contributed by atoms with van der Waals surface area (Å²) in [5.41, 5.74) is 14.3. The van der Waals surface area contributed by atoms with Gasteiger partial charge < -0.3 is 16.2 Å². The lowest BCUT2D eigenvalue weighted by Gasteiger charge is -2.09. The van der Waals surface area contributed by atoms with Gasteiger partial charge in [0.25, 0.3) is 0 Å². The SMILES string of the molecule is COc1cc(N)ccc1SCCCc1ccc(N)cc1. The molecule has 106 valence electrons. The summed E-state index contributed by atoms with van der Waals surface area (Å²) in [6.07, 6.45) is 2.17. The lowest BCUT2D eigenvalue weighted by Crippen LogP contribution is -1.92. The van der Waals surface area contributed by atoms with E-state index in [0.29, 0.717) is 0 Å². The molecule has 0 radical (unpaired) electrons. The van der Waals surface area contributed by atoms with E-state index in [1.54, 1.807) is 18.9 Å². The van der Waals surface area contributed by atoms with Crippen LogP contribution in [0.2, 0.25) is 0 Å². The third kappa shape index (κ3) is 4.10. The van der Waals surface area contributed by atoms with Gasteiger partial charge in [-0.3, -0.25) is 0 Å². The van der Waals surface area contributed by atoms with Crippen molar-refractivity contribution in [2.45, 2.75) is 17.7 Å². The zero-order chi connectivity index (χ0) is 14.4. The van der Waals surface area contributed by atoms with Gasteiger partial charge in [-0.1, -0.05) is 12.1 Å². The third-order valence-corrected chi connectivity index (χ3v) is 4.18. The second-order valence-corrected chi connectivity index (χ2v) is 5.74. The molecule has 4 N–H and O–H groups in total. The number of nitrogen functional groups attached to an aromatic ring is 2. The molecule has 0 aromatic heterocycles. The molecule has 0 spiro atoms. The van der Waals surface area contributed by atoms with Crippen molar-refractivity contribution in [3.63, 3.8) is 0 Å². The largest absolute Gasteiger partial charge is 0.496 e. The van der Waals surface area contributed by atoms with Gasteiger partial charge in [0.1, 0.15) is 5.75 Å². The number of aryl methyl sites for hydroxylation is 1. The Morgan fingerprint density at radius 1 is 1.00 bits per heavy atom. The van der Waals surface area contributed by atoms with Crippen LogP contribution in [0.15, 0.2) is 47.4 Å². The summed E-state index contributed by atoms with van der Waals surface area (Å²) in [5.74, 6) is 1.90. The molecular formula is C16H20N2OS. The molecule has 0 bridgehead atoms. The summed E-state index contributed by atoms with van der Waals surface area (Å²) in [6.45, 7) is 0. The smallest absolute Gasteiger partial charge is 0.134 e. The molecule has 0 amide bonds. The van der Waals surface area contributed by atoms with Crippen LogP contribution in [-0.4, -0.2) is 12.9 Å². The molecule has 20 heavy (non-hydrogen) atoms. The van der Waals surface area contributed by atoms with Crippen molar-refractivity contribution in [1.82, 2.24) is 0 Å². The van der Waals surface area contributed by atoms with E-state index in [2.05, 4.69) is 12.1 Å². The molecule has 0 heterocycles. The molecule has 2 aromatic carbocycles. The summed E-state index contributed by atoms with van der Waals surface area (Å²) in [7, 11) is 1.67. The molecule has 3 nitrogen and oxygen atoms in total. The Morgan fingerprint density at radius 2 is 1.70 bits per heavy atom. The molecule has 0 unspecified atom stereocenters. The molecule has 0 fully saturated rings. The molecule has 0 saturated carbocycles. The summed E-state index contributed by atoms with van der Waals surface area (Å²) in [5, 5.41) is 0. The van der Waals surface area contributed by atoms with Crippen molar-refractivity contribution in [1.29, 1.82) is 0 Å². The van der Waals surface area contributed by atoms with Crippen molar-refractivity contribution >= 4 is 23.1 Å². The van der Waals surface area contributed by atoms with Gasteiger partial charge in [-0.05, 0) is 48.4 Å². The highest BCUT2D eigenvalue weighted by atomic mass is 32.2. The van der Waals surface area contributed by atoms with Gasteiger partial charge in [0, 0.05) is 22.3 Å². The van der Waals surface area contributed by atoms with Crippen molar-refractivity contribution in [3.05, 3.63) is 48.0 Å². The average molecular weight is 288 g/mol. The second kappa shape index (κ2) is 7.10. The van der Waals surface area contributed by atoms with E-state index in [1.165, 1.54) is 5.56 Å². The van der Waals surface area contributed by atoms with Crippen LogP contribution < -0.4 is 16.2 Å². The van der Waals surface area contributed by atoms with E-state index in [-0.39, 0.29) is 0 Å². The Hall–Kier alpha value is -1.81. The number of methoxy groups -OCH3 is 1. The number of rotatable bonds is 6. The Labute approximate surface area is 124 Å². The zero-order valence-electron chi connectivity index (χ0n) is 11.6. The molecule has 2 rings (SSSR count). The Balaban J connectivity index is 1.82. The molecule has 0 aliphatic carbocycles. The lowest BCUT2D eigenvalue weighted by molar-refractivity contribution is 0.405. The highest BCUT2D eigenvalue weighted by Crippen LogP contribution is 2.31. The normalized spacial score (nSPS) is 10.4. The first kappa shape index (κ1) is 14.6. The van der Waals surface area contributed by atoms with E-state index in [1.807, 2.05) is 30.3 Å². The standard InChI is InChI=1S/C16H20N2OS/c1-19-15-11-14(18)8-9-16(15)20-10-2-3-12-4-6-13(17)7-5-12/h4-9,11H,2-3,10,17-18H2,1H3. The number of ether oxygens (including phenoxy) is 1. The Bertz CT molecular complexity index is 555. The highest BCUT2D eigenvalue weighted by Gasteiger charge is 2.04. The fourth-order valence-corrected chi connectivity index (χ4v) is 2.90. The monoisotopic (exact) mass is 288 g/mol. The summed E-state index contributed by atoms with van der Waals surface area (Å²) >= 11 is 1.80. The molecular weight excluding hydrogens is 268 g/mol. The number of thioether (sulfide) groups is 1. The van der Waals surface area contributed by atoms with Crippen LogP contribution in [0.3, 0.4) is 0 Å². The average Bonchev–Trinajstić information content (AvgIpc) is 2.46. The fraction of sp³-hybridized carbons (Fsp3) is 0.250. The fourth-order valence-electron chi connectivity index (χ4n) is 1.95. The second-order valence-electron chi connectivity index (χ2n) is 4.60. The first-order valence-corrected chi connectivity index (χ1v) is 7.58. The van der Waals surface area contributed by atoms with Crippen molar-refractivity contribution in [2.75, 3.05) is 24.3 Å². The maximum Gasteiger partial charge on any atom is 0.134 e. The summed E-state index contributed by atoms with van der Waals surface area (Å²) in [6, 6.07) is 13.9. The van der Waals surface area contributed by atoms with Gasteiger partial charge in [-0.2, -0.15) is 0 Å². The minimum atomic E-state index is 0.730. The van der Waals surface area contributed by atoms with E-state index in [4.69, 9.17) is 16.2 Å². The minimum absolute atomic E-state index is 0.730. The number of hydrogen-bond donors (Lipinski definition) is 2. The van der Waals surface area contributed by atoms with Crippen LogP contribution in [-0.2, 0) is 6.42 Å². The van der Waals surface area contributed by atoms with Crippen LogP contribution in [0, 0.1) is 0 Å². The van der Waals surface area contributed by atoms with Gasteiger partial charge in [-0.15, -0.1) is 11.8 Å². The first-order valence-electron chi connectivity index (χ1n) is 6.60. The number of benzene rings is 2. The van der Waals surface area contributed by atoms with Crippen LogP contribution in [0.25, 0.3) is 0 Å². The van der Waals surface area contributed by atoms with Gasteiger partial charge in [0.2, 0.25) is 0 Å². The molecule has 4 heteroatoms. The predicted octanol–water partition coefficient (Wildman–Crippen LogP) is 3.58. The Morgan fingerprint density at radius 3 is 2.40 bits per heavy atom. The highest BCUT2D eigenvalue weighted by molar-refractivity contribution is 7.99. The van der Waals surface area contributed by atoms with Crippen LogP contribution in [0.4, 0.5) is 11.4 Å². The molecule has 0 saturated heterocycles. The zero-order valence-corrected chi connectivity index (χ0v) is 12.5. The van der Waals surface area contributed by atoms with E-state index in [9.17, 15) is 0 Å². The molecule has 2 aromatic rings. The third-order valence-electron chi connectivity index (χ3n) is 3.03. The van der Waals surface area contributed by atoms with Crippen molar-refractivity contribution in [2.24, 2.45) is 0 Å². The maximum absolute atomic E-state index is 5.75. The topological polar surface area (TPSA) is 61.3 Å². The number of anilines is 2. The quantitative estimate of drug-likeness (QED) is 0.484. The Kier molecular flexibility index (Phi) is 5.18. The molecule has 0 aliphatic rings. The predicted molar refractivity (Wildman–Crippen MR) is 87.3 cm³/mol. The molecule has 0 aliphatic heterocycles. The molecule has 0 atom stereocenters. The summed E-state index contributed by atoms with van der Waals surface area (Å²) in [4.78, 5) is 1.14. The van der Waals surface area contributed by atoms with Crippen LogP contribution in [0.1, 0.15) is 12.0 Å². The van der Waals surface area contributed by atoms with Crippen molar-refractivity contribution < 1.29 is 4.74 Å². The summed E-state index contributed by atoms with van der Waals surface area (Å²) < 4.78 is 5.34. The van der Waals surface area contributed by atoms with Crippen LogP contribution >= 0.6 is 11.8 Å². The minimum Gasteiger partial charge on any atom is -0.496 e. The lowest BCUT2D eigenvalue weighted by atomic mass is 10.1. The maximum atomic E-state index is 5.75. The van der Waals surface area contributed by atoms with Gasteiger partial charge >= 0.3 is 0 Å². The van der Waals surface area contributed by atoms with Crippen LogP contribution in [0.5, 0.6) is 5.75 Å². The number of hydrogen-bond acceptors (Lipinski definition) is 4. The van der Waals surface area contributed by atoms with Gasteiger partial charge in [-0.25, -0.2) is 0 Å². The van der Waals surface area contributed by atoms with E-state index >= 15 is 0 Å². The van der Waals surface area contributed by atoms with Gasteiger partial charge in [0.05, 0.1) is 7.11 Å². The van der Waals surface area contributed by atoms with E-state index < -0.39 is 0 Å². The number of nitrogens with two attached hydrogens (primary N) is 2.